The van der Waals surface area contributed by atoms with Crippen molar-refractivity contribution in [3.05, 3.63) is 33.0 Å². The summed E-state index contributed by atoms with van der Waals surface area (Å²) in [6.07, 6.45) is 0. The molecular weight excluding hydrogens is 274 g/mol. The molecule has 0 N–H and O–H groups in total. The van der Waals surface area contributed by atoms with Gasteiger partial charge in [0.2, 0.25) is 0 Å². The highest BCUT2D eigenvalue weighted by atomic mass is 79.9. The highest BCUT2D eigenvalue weighted by Gasteiger charge is 2.12. The molecule has 2 nitrogen and oxygen atoms in total. The Bertz CT molecular complexity index is 345. The molecule has 5 heteroatoms. The van der Waals surface area contributed by atoms with Crippen molar-refractivity contribution in [2.45, 2.75) is 6.92 Å². The molecule has 14 heavy (non-hydrogen) atoms. The highest BCUT2D eigenvalue weighted by molar-refractivity contribution is 9.10. The van der Waals surface area contributed by atoms with E-state index in [0.29, 0.717) is 0 Å². The van der Waals surface area contributed by atoms with Crippen molar-refractivity contribution in [2.75, 3.05) is 6.61 Å². The number of carbonyl (C=O) groups excluding carboxylic acids is 1. The van der Waals surface area contributed by atoms with Crippen LogP contribution in [0.1, 0.15) is 17.3 Å². The maximum Gasteiger partial charge on any atom is 0.338 e. The third kappa shape index (κ3) is 2.45. The quantitative estimate of drug-likeness (QED) is 0.613. The molecular formula is C9H7BrClFO2. The van der Waals surface area contributed by atoms with Crippen molar-refractivity contribution in [1.29, 1.82) is 0 Å². The Morgan fingerprint density at radius 1 is 1.64 bits per heavy atom. The van der Waals surface area contributed by atoms with Gasteiger partial charge < -0.3 is 4.74 Å². The monoisotopic (exact) mass is 280 g/mol. The second-order valence-electron chi connectivity index (χ2n) is 2.47. The van der Waals surface area contributed by atoms with E-state index >= 15 is 0 Å². The van der Waals surface area contributed by atoms with E-state index < -0.39 is 11.8 Å². The van der Waals surface area contributed by atoms with Gasteiger partial charge in [-0.3, -0.25) is 0 Å². The number of ether oxygens (including phenoxy) is 1. The third-order valence-corrected chi connectivity index (χ3v) is 2.35. The Kier molecular flexibility index (Phi) is 3.89. The van der Waals surface area contributed by atoms with Crippen LogP contribution in [0.25, 0.3) is 0 Å². The van der Waals surface area contributed by atoms with Crippen LogP contribution in [0.15, 0.2) is 16.6 Å². The van der Waals surface area contributed by atoms with Crippen LogP contribution in [0.4, 0.5) is 4.39 Å². The summed E-state index contributed by atoms with van der Waals surface area (Å²) in [5.74, 6) is -1.10. The summed E-state index contributed by atoms with van der Waals surface area (Å²) in [7, 11) is 0. The van der Waals surface area contributed by atoms with Gasteiger partial charge in [-0.05, 0) is 35.0 Å². The molecule has 0 radical (unpaired) electrons. The van der Waals surface area contributed by atoms with Gasteiger partial charge in [-0.15, -0.1) is 0 Å². The Morgan fingerprint density at radius 2 is 2.29 bits per heavy atom. The lowest BCUT2D eigenvalue weighted by Gasteiger charge is -2.04. The van der Waals surface area contributed by atoms with Gasteiger partial charge in [-0.25, -0.2) is 9.18 Å². The van der Waals surface area contributed by atoms with Crippen LogP contribution in [0.2, 0.25) is 5.02 Å². The van der Waals surface area contributed by atoms with Crippen molar-refractivity contribution in [1.82, 2.24) is 0 Å². The maximum absolute atomic E-state index is 13.0. The molecule has 0 saturated heterocycles. The maximum atomic E-state index is 13.0. The molecule has 0 aromatic heterocycles. The van der Waals surface area contributed by atoms with E-state index in [-0.39, 0.29) is 21.7 Å². The van der Waals surface area contributed by atoms with Crippen LogP contribution in [-0.2, 0) is 4.74 Å². The first-order valence-corrected chi connectivity index (χ1v) is 5.05. The van der Waals surface area contributed by atoms with Gasteiger partial charge >= 0.3 is 5.97 Å². The summed E-state index contributed by atoms with van der Waals surface area (Å²) in [5, 5.41) is -0.109. The molecule has 0 aliphatic heterocycles. The molecule has 1 aromatic rings. The van der Waals surface area contributed by atoms with Crippen molar-refractivity contribution in [2.24, 2.45) is 0 Å². The van der Waals surface area contributed by atoms with Gasteiger partial charge in [0.25, 0.3) is 0 Å². The minimum atomic E-state index is -0.584. The molecule has 0 aliphatic rings. The van der Waals surface area contributed by atoms with E-state index in [9.17, 15) is 9.18 Å². The van der Waals surface area contributed by atoms with E-state index in [1.165, 1.54) is 12.1 Å². The first-order chi connectivity index (χ1) is 6.56. The predicted octanol–water partition coefficient (Wildman–Crippen LogP) is 3.42. The Labute approximate surface area is 94.1 Å². The fourth-order valence-corrected chi connectivity index (χ4v) is 1.68. The second-order valence-corrected chi connectivity index (χ2v) is 3.74. The molecule has 1 rings (SSSR count). The standard InChI is InChI=1S/C9H7BrClFO2/c1-2-14-9(13)5-3-6(10)8(12)7(11)4-5/h3-4H,2H2,1H3. The fourth-order valence-electron chi connectivity index (χ4n) is 0.888. The molecule has 0 fully saturated rings. The van der Waals surface area contributed by atoms with Gasteiger partial charge in [-0.1, -0.05) is 11.6 Å². The molecule has 1 aromatic carbocycles. The number of rotatable bonds is 2. The smallest absolute Gasteiger partial charge is 0.338 e. The van der Waals surface area contributed by atoms with Gasteiger partial charge in [0.05, 0.1) is 21.7 Å². The molecule has 0 saturated carbocycles. The first kappa shape index (κ1) is 11.5. The molecule has 0 heterocycles. The van der Waals surface area contributed by atoms with E-state index in [4.69, 9.17) is 16.3 Å². The summed E-state index contributed by atoms with van der Waals surface area (Å²) < 4.78 is 17.9. The summed E-state index contributed by atoms with van der Waals surface area (Å²) in [6, 6.07) is 2.57. The summed E-state index contributed by atoms with van der Waals surface area (Å²) >= 11 is 8.50. The van der Waals surface area contributed by atoms with E-state index in [1.807, 2.05) is 0 Å². The number of halogens is 3. The van der Waals surface area contributed by atoms with E-state index in [1.54, 1.807) is 6.92 Å². The van der Waals surface area contributed by atoms with Gasteiger partial charge in [0, 0.05) is 0 Å². The number of carbonyl (C=O) groups is 1. The minimum absolute atomic E-state index is 0.109. The van der Waals surface area contributed by atoms with Crippen LogP contribution < -0.4 is 0 Å². The Balaban J connectivity index is 3.06. The van der Waals surface area contributed by atoms with Crippen molar-refractivity contribution >= 4 is 33.5 Å². The van der Waals surface area contributed by atoms with Crippen LogP contribution in [0, 0.1) is 5.82 Å². The number of esters is 1. The van der Waals surface area contributed by atoms with Crippen LogP contribution >= 0.6 is 27.5 Å². The number of hydrogen-bond donors (Lipinski definition) is 0. The zero-order valence-electron chi connectivity index (χ0n) is 7.31. The van der Waals surface area contributed by atoms with Crippen molar-refractivity contribution in [3.8, 4) is 0 Å². The molecule has 0 aliphatic carbocycles. The van der Waals surface area contributed by atoms with E-state index in [0.717, 1.165) is 0 Å². The lowest BCUT2D eigenvalue weighted by Crippen LogP contribution is -2.05. The molecule has 0 unspecified atom stereocenters. The number of hydrogen-bond acceptors (Lipinski definition) is 2. The fraction of sp³-hybridized carbons (Fsp3) is 0.222. The predicted molar refractivity (Wildman–Crippen MR) is 55.1 cm³/mol. The zero-order valence-corrected chi connectivity index (χ0v) is 9.65. The molecule has 0 amide bonds. The average molecular weight is 282 g/mol. The van der Waals surface area contributed by atoms with Crippen LogP contribution in [0.3, 0.4) is 0 Å². The van der Waals surface area contributed by atoms with Gasteiger partial charge in [0.15, 0.2) is 5.82 Å². The number of benzene rings is 1. The normalized spacial score (nSPS) is 10.0. The molecule has 0 atom stereocenters. The topological polar surface area (TPSA) is 26.3 Å². The first-order valence-electron chi connectivity index (χ1n) is 3.88. The second kappa shape index (κ2) is 4.75. The largest absolute Gasteiger partial charge is 0.462 e. The Morgan fingerprint density at radius 3 is 2.79 bits per heavy atom. The van der Waals surface area contributed by atoms with E-state index in [2.05, 4.69) is 15.9 Å². The summed E-state index contributed by atoms with van der Waals surface area (Å²) in [4.78, 5) is 11.2. The molecule has 0 spiro atoms. The summed E-state index contributed by atoms with van der Waals surface area (Å²) in [6.45, 7) is 1.96. The van der Waals surface area contributed by atoms with Gasteiger partial charge in [0.1, 0.15) is 0 Å². The average Bonchev–Trinajstić information content (AvgIpc) is 2.13. The SMILES string of the molecule is CCOC(=O)c1cc(Cl)c(F)c(Br)c1. The van der Waals surface area contributed by atoms with Crippen molar-refractivity contribution < 1.29 is 13.9 Å². The van der Waals surface area contributed by atoms with Crippen LogP contribution in [-0.4, -0.2) is 12.6 Å². The van der Waals surface area contributed by atoms with Crippen molar-refractivity contribution in [3.63, 3.8) is 0 Å². The highest BCUT2D eigenvalue weighted by Crippen LogP contribution is 2.25. The lowest BCUT2D eigenvalue weighted by atomic mass is 10.2. The molecule has 0 bridgehead atoms. The zero-order chi connectivity index (χ0) is 10.7. The molecule has 76 valence electrons. The Hall–Kier alpha value is -0.610. The summed E-state index contributed by atoms with van der Waals surface area (Å²) in [5.41, 5.74) is 0.227. The van der Waals surface area contributed by atoms with Crippen LogP contribution in [0.5, 0.6) is 0 Å². The third-order valence-electron chi connectivity index (χ3n) is 1.49. The minimum Gasteiger partial charge on any atom is -0.462 e. The van der Waals surface area contributed by atoms with Gasteiger partial charge in [-0.2, -0.15) is 0 Å². The lowest BCUT2D eigenvalue weighted by molar-refractivity contribution is 0.0526.